The van der Waals surface area contributed by atoms with Gasteiger partial charge in [0.05, 0.1) is 44.5 Å². The molecule has 186 valence electrons. The number of ether oxygens (including phenoxy) is 2. The smallest absolute Gasteiger partial charge is 0.295 e. The molecule has 2 fully saturated rings. The van der Waals surface area contributed by atoms with E-state index in [0.29, 0.717) is 38.5 Å². The SMILES string of the molecule is CCCOc1ccc(C(O)=C2C(=O)C(=O)N(CC[NH+]3CCOCC3)[C@H]2c2ccc(Br)cc2)cc1C. The molecule has 35 heavy (non-hydrogen) atoms. The number of carbonyl (C=O) groups is 2. The maximum absolute atomic E-state index is 13.3. The summed E-state index contributed by atoms with van der Waals surface area (Å²) in [6, 6.07) is 12.2. The Morgan fingerprint density at radius 2 is 1.89 bits per heavy atom. The average Bonchev–Trinajstić information content (AvgIpc) is 3.12. The Hall–Kier alpha value is -2.68. The summed E-state index contributed by atoms with van der Waals surface area (Å²) in [5.74, 6) is -0.660. The zero-order valence-electron chi connectivity index (χ0n) is 20.2. The molecule has 2 aliphatic heterocycles. The highest BCUT2D eigenvalue weighted by molar-refractivity contribution is 9.10. The number of benzene rings is 2. The number of amides is 1. The molecule has 0 aromatic heterocycles. The third-order valence-electron chi connectivity index (χ3n) is 6.54. The molecule has 0 aliphatic carbocycles. The van der Waals surface area contributed by atoms with Crippen molar-refractivity contribution >= 4 is 33.4 Å². The third kappa shape index (κ3) is 5.60. The number of Topliss-reactive ketones (excluding diaryl/α,β-unsaturated/α-hetero) is 1. The lowest BCUT2D eigenvalue weighted by atomic mass is 9.95. The fraction of sp³-hybridized carbons (Fsp3) is 0.407. The molecule has 0 radical (unpaired) electrons. The van der Waals surface area contributed by atoms with Crippen LogP contribution in [0.4, 0.5) is 0 Å². The van der Waals surface area contributed by atoms with Crippen molar-refractivity contribution in [2.45, 2.75) is 26.3 Å². The summed E-state index contributed by atoms with van der Waals surface area (Å²) in [4.78, 5) is 29.4. The predicted molar refractivity (Wildman–Crippen MR) is 136 cm³/mol. The minimum Gasteiger partial charge on any atom is -0.507 e. The van der Waals surface area contributed by atoms with Crippen LogP contribution in [0.15, 0.2) is 52.5 Å². The number of hydrogen-bond acceptors (Lipinski definition) is 5. The van der Waals surface area contributed by atoms with E-state index in [-0.39, 0.29) is 11.3 Å². The van der Waals surface area contributed by atoms with Crippen molar-refractivity contribution < 1.29 is 29.1 Å². The summed E-state index contributed by atoms with van der Waals surface area (Å²) in [7, 11) is 0. The van der Waals surface area contributed by atoms with Crippen molar-refractivity contribution in [3.05, 3.63) is 69.2 Å². The van der Waals surface area contributed by atoms with Crippen LogP contribution < -0.4 is 9.64 Å². The molecular formula is C27H32BrN2O5+. The van der Waals surface area contributed by atoms with Crippen LogP contribution in [-0.2, 0) is 14.3 Å². The van der Waals surface area contributed by atoms with Crippen molar-refractivity contribution in [3.63, 3.8) is 0 Å². The van der Waals surface area contributed by atoms with Gasteiger partial charge in [-0.25, -0.2) is 0 Å². The number of aliphatic hydroxyl groups excluding tert-OH is 1. The Balaban J connectivity index is 1.71. The summed E-state index contributed by atoms with van der Waals surface area (Å²) in [5.41, 5.74) is 2.25. The zero-order chi connectivity index (χ0) is 24.9. The lowest BCUT2D eigenvalue weighted by molar-refractivity contribution is -0.907. The third-order valence-corrected chi connectivity index (χ3v) is 7.07. The minimum absolute atomic E-state index is 0.121. The molecule has 1 amide bonds. The van der Waals surface area contributed by atoms with E-state index in [4.69, 9.17) is 9.47 Å². The van der Waals surface area contributed by atoms with Gasteiger partial charge < -0.3 is 24.4 Å². The van der Waals surface area contributed by atoms with Crippen LogP contribution in [-0.4, -0.2) is 67.7 Å². The summed E-state index contributed by atoms with van der Waals surface area (Å²) < 4.78 is 12.1. The maximum atomic E-state index is 13.3. The predicted octanol–water partition coefficient (Wildman–Crippen LogP) is 2.88. The minimum atomic E-state index is -0.656. The molecule has 8 heteroatoms. The highest BCUT2D eigenvalue weighted by Gasteiger charge is 2.46. The first-order chi connectivity index (χ1) is 16.9. The molecule has 0 bridgehead atoms. The Kier molecular flexibility index (Phi) is 8.26. The van der Waals surface area contributed by atoms with E-state index in [0.717, 1.165) is 40.9 Å². The molecule has 1 atom stereocenters. The molecule has 0 unspecified atom stereocenters. The van der Waals surface area contributed by atoms with Crippen LogP contribution in [0.25, 0.3) is 5.76 Å². The molecule has 2 aromatic carbocycles. The van der Waals surface area contributed by atoms with Crippen molar-refractivity contribution in [1.29, 1.82) is 0 Å². The number of carbonyl (C=O) groups excluding carboxylic acids is 2. The van der Waals surface area contributed by atoms with Gasteiger partial charge in [0.25, 0.3) is 11.7 Å². The van der Waals surface area contributed by atoms with E-state index < -0.39 is 17.7 Å². The first-order valence-corrected chi connectivity index (χ1v) is 12.9. The van der Waals surface area contributed by atoms with E-state index in [1.807, 2.05) is 38.1 Å². The van der Waals surface area contributed by atoms with Crippen LogP contribution in [0.3, 0.4) is 0 Å². The Bertz CT molecular complexity index is 1110. The van der Waals surface area contributed by atoms with Crippen LogP contribution in [0, 0.1) is 6.92 Å². The fourth-order valence-corrected chi connectivity index (χ4v) is 4.88. The van der Waals surface area contributed by atoms with Gasteiger partial charge in [-0.05, 0) is 54.8 Å². The lowest BCUT2D eigenvalue weighted by Gasteiger charge is -2.29. The summed E-state index contributed by atoms with van der Waals surface area (Å²) >= 11 is 3.45. The number of ketones is 1. The molecule has 2 aliphatic rings. The largest absolute Gasteiger partial charge is 0.507 e. The lowest BCUT2D eigenvalue weighted by Crippen LogP contribution is -3.14. The quantitative estimate of drug-likeness (QED) is 0.304. The normalized spacial score (nSPS) is 20.4. The molecule has 0 saturated carbocycles. The van der Waals surface area contributed by atoms with Gasteiger partial charge >= 0.3 is 0 Å². The number of nitrogens with one attached hydrogen (secondary N) is 1. The number of halogens is 1. The summed E-state index contributed by atoms with van der Waals surface area (Å²) in [6.45, 7) is 8.81. The van der Waals surface area contributed by atoms with E-state index >= 15 is 0 Å². The molecule has 7 nitrogen and oxygen atoms in total. The average molecular weight is 544 g/mol. The second-order valence-electron chi connectivity index (χ2n) is 8.99. The number of morpholine rings is 1. The van der Waals surface area contributed by atoms with Crippen molar-refractivity contribution in [2.75, 3.05) is 46.0 Å². The number of aryl methyl sites for hydroxylation is 1. The van der Waals surface area contributed by atoms with E-state index in [1.54, 1.807) is 23.1 Å². The number of aliphatic hydroxyl groups is 1. The Labute approximate surface area is 214 Å². The zero-order valence-corrected chi connectivity index (χ0v) is 21.8. The Morgan fingerprint density at radius 3 is 2.54 bits per heavy atom. The first kappa shape index (κ1) is 25.4. The van der Waals surface area contributed by atoms with Crippen LogP contribution in [0.1, 0.15) is 36.1 Å². The number of rotatable bonds is 8. The van der Waals surface area contributed by atoms with Crippen LogP contribution in [0.2, 0.25) is 0 Å². The number of hydrogen-bond donors (Lipinski definition) is 2. The van der Waals surface area contributed by atoms with Gasteiger partial charge in [-0.2, -0.15) is 0 Å². The van der Waals surface area contributed by atoms with Crippen molar-refractivity contribution in [3.8, 4) is 5.75 Å². The first-order valence-electron chi connectivity index (χ1n) is 12.1. The van der Waals surface area contributed by atoms with Gasteiger partial charge in [-0.15, -0.1) is 0 Å². The Morgan fingerprint density at radius 1 is 1.17 bits per heavy atom. The van der Waals surface area contributed by atoms with Gasteiger partial charge in [0, 0.05) is 10.0 Å². The molecule has 2 N–H and O–H groups in total. The van der Waals surface area contributed by atoms with E-state index in [2.05, 4.69) is 15.9 Å². The molecule has 2 saturated heterocycles. The van der Waals surface area contributed by atoms with Crippen LogP contribution in [0.5, 0.6) is 5.75 Å². The van der Waals surface area contributed by atoms with Gasteiger partial charge in [0.15, 0.2) is 0 Å². The van der Waals surface area contributed by atoms with Gasteiger partial charge in [0.1, 0.15) is 24.6 Å². The second kappa shape index (κ2) is 11.4. The monoisotopic (exact) mass is 543 g/mol. The molecule has 2 heterocycles. The summed E-state index contributed by atoms with van der Waals surface area (Å²) in [5, 5.41) is 11.3. The molecule has 2 aromatic rings. The highest BCUT2D eigenvalue weighted by atomic mass is 79.9. The molecule has 4 rings (SSSR count). The molecule has 0 spiro atoms. The van der Waals surface area contributed by atoms with Crippen molar-refractivity contribution in [2.24, 2.45) is 0 Å². The van der Waals surface area contributed by atoms with E-state index in [9.17, 15) is 14.7 Å². The van der Waals surface area contributed by atoms with E-state index in [1.165, 1.54) is 4.90 Å². The highest BCUT2D eigenvalue weighted by Crippen LogP contribution is 2.39. The van der Waals surface area contributed by atoms with Crippen molar-refractivity contribution in [1.82, 2.24) is 4.90 Å². The standard InChI is InChI=1S/C27H31BrN2O5/c1-3-14-35-22-9-6-20(17-18(22)2)25(31)23-24(19-4-7-21(28)8-5-19)30(27(33)26(23)32)11-10-29-12-15-34-16-13-29/h4-9,17,24,31H,3,10-16H2,1-2H3/p+1/t24-/m0/s1. The second-order valence-corrected chi connectivity index (χ2v) is 9.90. The van der Waals surface area contributed by atoms with Crippen LogP contribution >= 0.6 is 15.9 Å². The van der Waals surface area contributed by atoms with Gasteiger partial charge in [-0.1, -0.05) is 35.0 Å². The maximum Gasteiger partial charge on any atom is 0.295 e. The topological polar surface area (TPSA) is 80.5 Å². The number of quaternary nitrogens is 1. The number of likely N-dealkylation sites (tertiary alicyclic amines) is 1. The number of nitrogens with zero attached hydrogens (tertiary/aromatic N) is 1. The van der Waals surface area contributed by atoms with Gasteiger partial charge in [0.2, 0.25) is 0 Å². The molecular weight excluding hydrogens is 512 g/mol. The summed E-state index contributed by atoms with van der Waals surface area (Å²) in [6.07, 6.45) is 0.893. The van der Waals surface area contributed by atoms with Gasteiger partial charge in [-0.3, -0.25) is 9.59 Å². The fourth-order valence-electron chi connectivity index (χ4n) is 4.62.